The summed E-state index contributed by atoms with van der Waals surface area (Å²) in [5.41, 5.74) is 2.35. The van der Waals surface area contributed by atoms with Crippen LogP contribution in [0.4, 0.5) is 0 Å². The van der Waals surface area contributed by atoms with E-state index in [2.05, 4.69) is 57.1 Å². The van der Waals surface area contributed by atoms with Crippen LogP contribution in [0.2, 0.25) is 0 Å². The topological polar surface area (TPSA) is 34.1 Å². The third-order valence-electron chi connectivity index (χ3n) is 3.07. The van der Waals surface area contributed by atoms with Crippen LogP contribution in [0.5, 0.6) is 5.88 Å². The molecule has 0 aliphatic carbocycles. The SMILES string of the molecule is CCCC(C)Oc1cc(CNCC)cc(C(C)C)n1. The molecule has 1 aromatic heterocycles. The highest BCUT2D eigenvalue weighted by atomic mass is 16.5. The number of nitrogens with one attached hydrogen (secondary N) is 1. The number of ether oxygens (including phenoxy) is 1. The Balaban J connectivity index is 2.86. The number of rotatable bonds is 8. The van der Waals surface area contributed by atoms with E-state index in [0.29, 0.717) is 5.92 Å². The van der Waals surface area contributed by atoms with Crippen molar-refractivity contribution < 1.29 is 4.74 Å². The van der Waals surface area contributed by atoms with Gasteiger partial charge in [0.2, 0.25) is 5.88 Å². The summed E-state index contributed by atoms with van der Waals surface area (Å²) in [5.74, 6) is 1.19. The van der Waals surface area contributed by atoms with E-state index in [4.69, 9.17) is 4.74 Å². The van der Waals surface area contributed by atoms with E-state index < -0.39 is 0 Å². The summed E-state index contributed by atoms with van der Waals surface area (Å²) < 4.78 is 5.93. The second-order valence-electron chi connectivity index (χ2n) is 5.39. The van der Waals surface area contributed by atoms with Crippen molar-refractivity contribution in [3.63, 3.8) is 0 Å². The molecule has 0 aliphatic rings. The van der Waals surface area contributed by atoms with Crippen LogP contribution < -0.4 is 10.1 Å². The molecule has 3 heteroatoms. The Morgan fingerprint density at radius 2 is 1.95 bits per heavy atom. The van der Waals surface area contributed by atoms with Crippen molar-refractivity contribution in [2.24, 2.45) is 0 Å². The van der Waals surface area contributed by atoms with Gasteiger partial charge in [-0.05, 0) is 37.4 Å². The molecule has 0 fully saturated rings. The first-order chi connectivity index (χ1) is 9.06. The monoisotopic (exact) mass is 264 g/mol. The van der Waals surface area contributed by atoms with Crippen LogP contribution in [-0.2, 0) is 6.54 Å². The van der Waals surface area contributed by atoms with Gasteiger partial charge < -0.3 is 10.1 Å². The zero-order valence-corrected chi connectivity index (χ0v) is 13.0. The molecule has 19 heavy (non-hydrogen) atoms. The molecule has 0 saturated heterocycles. The van der Waals surface area contributed by atoms with E-state index >= 15 is 0 Å². The van der Waals surface area contributed by atoms with Gasteiger partial charge in [0.1, 0.15) is 0 Å². The molecule has 3 nitrogen and oxygen atoms in total. The first-order valence-corrected chi connectivity index (χ1v) is 7.45. The minimum absolute atomic E-state index is 0.229. The Bertz CT molecular complexity index is 377. The average molecular weight is 264 g/mol. The highest BCUT2D eigenvalue weighted by Gasteiger charge is 2.09. The maximum atomic E-state index is 5.93. The van der Waals surface area contributed by atoms with Crippen molar-refractivity contribution in [3.8, 4) is 5.88 Å². The first kappa shape index (κ1) is 16.0. The van der Waals surface area contributed by atoms with Crippen LogP contribution in [0.25, 0.3) is 0 Å². The third-order valence-corrected chi connectivity index (χ3v) is 3.07. The van der Waals surface area contributed by atoms with Gasteiger partial charge in [-0.2, -0.15) is 0 Å². The largest absolute Gasteiger partial charge is 0.475 e. The van der Waals surface area contributed by atoms with Gasteiger partial charge in [-0.3, -0.25) is 0 Å². The molecule has 0 aliphatic heterocycles. The van der Waals surface area contributed by atoms with Gasteiger partial charge in [-0.1, -0.05) is 34.1 Å². The van der Waals surface area contributed by atoms with Crippen molar-refractivity contribution in [1.29, 1.82) is 0 Å². The molecule has 108 valence electrons. The van der Waals surface area contributed by atoms with Crippen molar-refractivity contribution in [1.82, 2.24) is 10.3 Å². The predicted molar refractivity (Wildman–Crippen MR) is 80.7 cm³/mol. The Hall–Kier alpha value is -1.09. The Kier molecular flexibility index (Phi) is 6.85. The fourth-order valence-corrected chi connectivity index (χ4v) is 1.98. The fraction of sp³-hybridized carbons (Fsp3) is 0.688. The average Bonchev–Trinajstić information content (AvgIpc) is 2.36. The van der Waals surface area contributed by atoms with Crippen LogP contribution in [0.15, 0.2) is 12.1 Å². The van der Waals surface area contributed by atoms with Gasteiger partial charge in [0.15, 0.2) is 0 Å². The van der Waals surface area contributed by atoms with Crippen LogP contribution in [0, 0.1) is 0 Å². The highest BCUT2D eigenvalue weighted by molar-refractivity contribution is 5.26. The van der Waals surface area contributed by atoms with Gasteiger partial charge in [0, 0.05) is 18.3 Å². The molecule has 1 heterocycles. The van der Waals surface area contributed by atoms with Gasteiger partial charge in [0.25, 0.3) is 0 Å². The maximum Gasteiger partial charge on any atom is 0.214 e. The molecular weight excluding hydrogens is 236 g/mol. The van der Waals surface area contributed by atoms with E-state index in [-0.39, 0.29) is 6.10 Å². The molecule has 0 bridgehead atoms. The number of pyridine rings is 1. The lowest BCUT2D eigenvalue weighted by Gasteiger charge is -2.16. The lowest BCUT2D eigenvalue weighted by Crippen LogP contribution is -2.15. The summed E-state index contributed by atoms with van der Waals surface area (Å²) in [6, 6.07) is 4.23. The predicted octanol–water partition coefficient (Wildman–Crippen LogP) is 3.88. The fourth-order valence-electron chi connectivity index (χ4n) is 1.98. The normalized spacial score (nSPS) is 12.7. The van der Waals surface area contributed by atoms with Crippen molar-refractivity contribution in [2.45, 2.75) is 66.0 Å². The summed E-state index contributed by atoms with van der Waals surface area (Å²) in [6.45, 7) is 12.6. The Labute approximate surface area is 117 Å². The molecule has 0 aromatic carbocycles. The number of nitrogens with zero attached hydrogens (tertiary/aromatic N) is 1. The molecule has 1 N–H and O–H groups in total. The molecule has 0 spiro atoms. The number of hydrogen-bond acceptors (Lipinski definition) is 3. The van der Waals surface area contributed by atoms with Crippen LogP contribution in [0.3, 0.4) is 0 Å². The molecule has 1 aromatic rings. The summed E-state index contributed by atoms with van der Waals surface area (Å²) in [7, 11) is 0. The second kappa shape index (κ2) is 8.16. The molecule has 1 unspecified atom stereocenters. The van der Waals surface area contributed by atoms with E-state index in [0.717, 1.165) is 37.5 Å². The Morgan fingerprint density at radius 1 is 1.21 bits per heavy atom. The molecule has 0 saturated carbocycles. The van der Waals surface area contributed by atoms with Crippen LogP contribution in [0.1, 0.15) is 64.6 Å². The van der Waals surface area contributed by atoms with Gasteiger partial charge in [-0.15, -0.1) is 0 Å². The molecule has 0 amide bonds. The highest BCUT2D eigenvalue weighted by Crippen LogP contribution is 2.20. The van der Waals surface area contributed by atoms with Gasteiger partial charge in [0.05, 0.1) is 6.10 Å². The maximum absolute atomic E-state index is 5.93. The number of hydrogen-bond donors (Lipinski definition) is 1. The van der Waals surface area contributed by atoms with E-state index in [1.54, 1.807) is 0 Å². The van der Waals surface area contributed by atoms with Crippen molar-refractivity contribution >= 4 is 0 Å². The number of aromatic nitrogens is 1. The summed E-state index contributed by atoms with van der Waals surface area (Å²) in [4.78, 5) is 4.61. The van der Waals surface area contributed by atoms with E-state index in [1.165, 1.54) is 5.56 Å². The van der Waals surface area contributed by atoms with Crippen molar-refractivity contribution in [3.05, 3.63) is 23.4 Å². The molecule has 1 rings (SSSR count). The lowest BCUT2D eigenvalue weighted by atomic mass is 10.1. The van der Waals surface area contributed by atoms with Gasteiger partial charge in [-0.25, -0.2) is 4.98 Å². The minimum atomic E-state index is 0.229. The minimum Gasteiger partial charge on any atom is -0.475 e. The molecule has 0 radical (unpaired) electrons. The molecule has 1 atom stereocenters. The van der Waals surface area contributed by atoms with Crippen molar-refractivity contribution in [2.75, 3.05) is 6.54 Å². The van der Waals surface area contributed by atoms with Crippen LogP contribution >= 0.6 is 0 Å². The second-order valence-corrected chi connectivity index (χ2v) is 5.39. The quantitative estimate of drug-likeness (QED) is 0.773. The lowest BCUT2D eigenvalue weighted by molar-refractivity contribution is 0.200. The first-order valence-electron chi connectivity index (χ1n) is 7.45. The smallest absolute Gasteiger partial charge is 0.214 e. The zero-order chi connectivity index (χ0) is 14.3. The summed E-state index contributed by atoms with van der Waals surface area (Å²) >= 11 is 0. The molecular formula is C16H28N2O. The summed E-state index contributed by atoms with van der Waals surface area (Å²) in [6.07, 6.45) is 2.43. The summed E-state index contributed by atoms with van der Waals surface area (Å²) in [5, 5.41) is 3.35. The standard InChI is InChI=1S/C16H28N2O/c1-6-8-13(5)19-16-10-14(11-17-7-2)9-15(18-16)12(3)4/h9-10,12-13,17H,6-8,11H2,1-5H3. The van der Waals surface area contributed by atoms with E-state index in [9.17, 15) is 0 Å². The van der Waals surface area contributed by atoms with Gasteiger partial charge >= 0.3 is 0 Å². The zero-order valence-electron chi connectivity index (χ0n) is 13.0. The van der Waals surface area contributed by atoms with Crippen LogP contribution in [-0.4, -0.2) is 17.6 Å². The van der Waals surface area contributed by atoms with E-state index in [1.807, 2.05) is 0 Å². The Morgan fingerprint density at radius 3 is 2.53 bits per heavy atom. The third kappa shape index (κ3) is 5.60.